The second-order valence-electron chi connectivity index (χ2n) is 5.74. The molecule has 1 atom stereocenters. The van der Waals surface area contributed by atoms with Crippen molar-refractivity contribution in [2.45, 2.75) is 26.3 Å². The van der Waals surface area contributed by atoms with Gasteiger partial charge in [-0.25, -0.2) is 0 Å². The summed E-state index contributed by atoms with van der Waals surface area (Å²) in [6, 6.07) is 14.6. The molecule has 0 aliphatic rings. The first-order valence-electron chi connectivity index (χ1n) is 8.18. The summed E-state index contributed by atoms with van der Waals surface area (Å²) >= 11 is 3.42. The van der Waals surface area contributed by atoms with Crippen LogP contribution in [0.25, 0.3) is 0 Å². The smallest absolute Gasteiger partial charge is 0.251 e. The summed E-state index contributed by atoms with van der Waals surface area (Å²) in [5, 5.41) is 8.78. The SMILES string of the molecule is CCC(C)NC(=O)c1ccc(NC(=O)CNc2ccccc2Br)cc1. The van der Waals surface area contributed by atoms with Crippen molar-refractivity contribution in [2.75, 3.05) is 17.2 Å². The van der Waals surface area contributed by atoms with Crippen molar-refractivity contribution in [3.8, 4) is 0 Å². The van der Waals surface area contributed by atoms with E-state index in [1.54, 1.807) is 24.3 Å². The van der Waals surface area contributed by atoms with E-state index in [0.29, 0.717) is 11.3 Å². The van der Waals surface area contributed by atoms with Crippen LogP contribution in [0.5, 0.6) is 0 Å². The Morgan fingerprint density at radius 1 is 1.08 bits per heavy atom. The molecule has 2 aromatic carbocycles. The molecule has 1 unspecified atom stereocenters. The van der Waals surface area contributed by atoms with Gasteiger partial charge in [0.15, 0.2) is 0 Å². The summed E-state index contributed by atoms with van der Waals surface area (Å²) < 4.78 is 0.902. The number of nitrogens with one attached hydrogen (secondary N) is 3. The average Bonchev–Trinajstić information content (AvgIpc) is 2.61. The van der Waals surface area contributed by atoms with Crippen molar-refractivity contribution in [3.05, 3.63) is 58.6 Å². The van der Waals surface area contributed by atoms with Crippen molar-refractivity contribution in [1.29, 1.82) is 0 Å². The molecule has 2 amide bonds. The molecule has 2 rings (SSSR count). The van der Waals surface area contributed by atoms with Crippen LogP contribution in [0.3, 0.4) is 0 Å². The van der Waals surface area contributed by atoms with Crippen molar-refractivity contribution in [2.24, 2.45) is 0 Å². The van der Waals surface area contributed by atoms with Gasteiger partial charge in [0.1, 0.15) is 0 Å². The molecule has 0 saturated carbocycles. The molecule has 25 heavy (non-hydrogen) atoms. The number of halogens is 1. The fourth-order valence-corrected chi connectivity index (χ4v) is 2.52. The first-order valence-corrected chi connectivity index (χ1v) is 8.98. The van der Waals surface area contributed by atoms with E-state index in [4.69, 9.17) is 0 Å². The molecule has 5 nitrogen and oxygen atoms in total. The molecule has 0 fully saturated rings. The number of para-hydroxylation sites is 1. The number of carbonyl (C=O) groups is 2. The fourth-order valence-electron chi connectivity index (χ4n) is 2.10. The third-order valence-electron chi connectivity index (χ3n) is 3.73. The van der Waals surface area contributed by atoms with Gasteiger partial charge in [-0.3, -0.25) is 9.59 Å². The topological polar surface area (TPSA) is 70.2 Å². The molecule has 0 aliphatic heterocycles. The Morgan fingerprint density at radius 3 is 2.40 bits per heavy atom. The maximum Gasteiger partial charge on any atom is 0.251 e. The van der Waals surface area contributed by atoms with Crippen LogP contribution in [-0.2, 0) is 4.79 Å². The largest absolute Gasteiger partial charge is 0.375 e. The predicted molar refractivity (Wildman–Crippen MR) is 105 cm³/mol. The van der Waals surface area contributed by atoms with Crippen molar-refractivity contribution in [3.63, 3.8) is 0 Å². The summed E-state index contributed by atoms with van der Waals surface area (Å²) in [5.74, 6) is -0.268. The number of carbonyl (C=O) groups excluding carboxylic acids is 2. The minimum Gasteiger partial charge on any atom is -0.375 e. The molecule has 3 N–H and O–H groups in total. The Hall–Kier alpha value is -2.34. The van der Waals surface area contributed by atoms with Gasteiger partial charge in [-0.1, -0.05) is 19.1 Å². The highest BCUT2D eigenvalue weighted by molar-refractivity contribution is 9.10. The van der Waals surface area contributed by atoms with Crippen molar-refractivity contribution in [1.82, 2.24) is 5.32 Å². The normalized spacial score (nSPS) is 11.5. The zero-order valence-electron chi connectivity index (χ0n) is 14.3. The van der Waals surface area contributed by atoms with Gasteiger partial charge in [0, 0.05) is 27.5 Å². The molecule has 0 aromatic heterocycles. The number of rotatable bonds is 7. The Kier molecular flexibility index (Phi) is 7.01. The molecule has 2 aromatic rings. The number of benzene rings is 2. The van der Waals surface area contributed by atoms with Gasteiger partial charge >= 0.3 is 0 Å². The molecule has 0 aliphatic carbocycles. The van der Waals surface area contributed by atoms with E-state index in [0.717, 1.165) is 16.6 Å². The zero-order chi connectivity index (χ0) is 18.2. The molecule has 0 saturated heterocycles. The molecular formula is C19H22BrN3O2. The Morgan fingerprint density at radius 2 is 1.76 bits per heavy atom. The Labute approximate surface area is 156 Å². The van der Waals surface area contributed by atoms with E-state index in [2.05, 4.69) is 31.9 Å². The summed E-state index contributed by atoms with van der Waals surface area (Å²) in [6.07, 6.45) is 0.879. The minimum atomic E-state index is -0.160. The summed E-state index contributed by atoms with van der Waals surface area (Å²) in [7, 11) is 0. The maximum absolute atomic E-state index is 12.0. The van der Waals surface area contributed by atoms with Crippen LogP contribution >= 0.6 is 15.9 Å². The Bertz CT molecular complexity index is 732. The monoisotopic (exact) mass is 403 g/mol. The van der Waals surface area contributed by atoms with Crippen LogP contribution in [0.4, 0.5) is 11.4 Å². The van der Waals surface area contributed by atoms with Gasteiger partial charge in [-0.2, -0.15) is 0 Å². The van der Waals surface area contributed by atoms with E-state index in [1.165, 1.54) is 0 Å². The highest BCUT2D eigenvalue weighted by Gasteiger charge is 2.09. The van der Waals surface area contributed by atoms with Crippen molar-refractivity contribution >= 4 is 39.1 Å². The van der Waals surface area contributed by atoms with Crippen LogP contribution < -0.4 is 16.0 Å². The van der Waals surface area contributed by atoms with E-state index in [9.17, 15) is 9.59 Å². The van der Waals surface area contributed by atoms with Gasteiger partial charge in [0.2, 0.25) is 5.91 Å². The fraction of sp³-hybridized carbons (Fsp3) is 0.263. The van der Waals surface area contributed by atoms with E-state index < -0.39 is 0 Å². The molecule has 6 heteroatoms. The third kappa shape index (κ3) is 5.90. The van der Waals surface area contributed by atoms with Crippen LogP contribution in [0.1, 0.15) is 30.6 Å². The van der Waals surface area contributed by atoms with E-state index >= 15 is 0 Å². The van der Waals surface area contributed by atoms with Gasteiger partial charge in [0.25, 0.3) is 5.91 Å². The number of amides is 2. The highest BCUT2D eigenvalue weighted by Crippen LogP contribution is 2.20. The maximum atomic E-state index is 12.0. The summed E-state index contributed by atoms with van der Waals surface area (Å²) in [4.78, 5) is 24.1. The third-order valence-corrected chi connectivity index (χ3v) is 4.43. The predicted octanol–water partition coefficient (Wildman–Crippen LogP) is 4.03. The summed E-state index contributed by atoms with van der Waals surface area (Å²) in [5.41, 5.74) is 2.08. The Balaban J connectivity index is 1.87. The van der Waals surface area contributed by atoms with Crippen LogP contribution in [0.2, 0.25) is 0 Å². The lowest BCUT2D eigenvalue weighted by Crippen LogP contribution is -2.31. The summed E-state index contributed by atoms with van der Waals surface area (Å²) in [6.45, 7) is 4.13. The molecule has 0 spiro atoms. The lowest BCUT2D eigenvalue weighted by molar-refractivity contribution is -0.114. The van der Waals surface area contributed by atoms with E-state index in [-0.39, 0.29) is 24.4 Å². The molecule has 0 bridgehead atoms. The average molecular weight is 404 g/mol. The lowest BCUT2D eigenvalue weighted by atomic mass is 10.1. The highest BCUT2D eigenvalue weighted by atomic mass is 79.9. The number of anilines is 2. The van der Waals surface area contributed by atoms with E-state index in [1.807, 2.05) is 38.1 Å². The van der Waals surface area contributed by atoms with Crippen LogP contribution in [-0.4, -0.2) is 24.4 Å². The zero-order valence-corrected chi connectivity index (χ0v) is 15.9. The second-order valence-corrected chi connectivity index (χ2v) is 6.60. The van der Waals surface area contributed by atoms with Crippen molar-refractivity contribution < 1.29 is 9.59 Å². The van der Waals surface area contributed by atoms with Crippen LogP contribution in [0.15, 0.2) is 53.0 Å². The van der Waals surface area contributed by atoms with Gasteiger partial charge in [-0.05, 0) is 65.7 Å². The molecule has 132 valence electrons. The number of hydrogen-bond acceptors (Lipinski definition) is 3. The van der Waals surface area contributed by atoms with Gasteiger partial charge < -0.3 is 16.0 Å². The molecule has 0 radical (unpaired) electrons. The van der Waals surface area contributed by atoms with Gasteiger partial charge in [0.05, 0.1) is 6.54 Å². The van der Waals surface area contributed by atoms with Gasteiger partial charge in [-0.15, -0.1) is 0 Å². The van der Waals surface area contributed by atoms with Crippen LogP contribution in [0, 0.1) is 0 Å². The first kappa shape index (κ1) is 19.0. The second kappa shape index (κ2) is 9.22. The molecule has 0 heterocycles. The minimum absolute atomic E-state index is 0.108. The lowest BCUT2D eigenvalue weighted by Gasteiger charge is -2.12. The first-order chi connectivity index (χ1) is 12.0. The number of hydrogen-bond donors (Lipinski definition) is 3. The standard InChI is InChI=1S/C19H22BrN3O2/c1-3-13(2)22-19(25)14-8-10-15(11-9-14)23-18(24)12-21-17-7-5-4-6-16(17)20/h4-11,13,21H,3,12H2,1-2H3,(H,22,25)(H,23,24). The quantitative estimate of drug-likeness (QED) is 0.653. The molecular weight excluding hydrogens is 382 g/mol.